The quantitative estimate of drug-likeness (QED) is 0.772. The van der Waals surface area contributed by atoms with Crippen LogP contribution in [0.1, 0.15) is 34.6 Å². The maximum atomic E-state index is 13.7. The van der Waals surface area contributed by atoms with E-state index in [0.29, 0.717) is 0 Å². The second-order valence-electron chi connectivity index (χ2n) is 5.48. The molecule has 128 valence electrons. The third kappa shape index (κ3) is 3.85. The molecular weight excluding hydrogens is 328 g/mol. The van der Waals surface area contributed by atoms with Crippen LogP contribution in [0.15, 0.2) is 48.9 Å². The summed E-state index contributed by atoms with van der Waals surface area (Å²) >= 11 is 0. The van der Waals surface area contributed by atoms with Crippen LogP contribution in [0.4, 0.5) is 8.78 Å². The Balaban J connectivity index is 1.70. The number of aromatic nitrogens is 4. The minimum Gasteiger partial charge on any atom is -0.344 e. The maximum absolute atomic E-state index is 13.7. The van der Waals surface area contributed by atoms with Gasteiger partial charge in [-0.15, -0.1) is 5.10 Å². The highest BCUT2D eigenvalue weighted by Gasteiger charge is 2.16. The zero-order valence-electron chi connectivity index (χ0n) is 13.4. The molecule has 0 bridgehead atoms. The number of nitrogens with zero attached hydrogens (tertiary/aromatic N) is 4. The van der Waals surface area contributed by atoms with Crippen LogP contribution >= 0.6 is 0 Å². The number of benzene rings is 1. The second-order valence-corrected chi connectivity index (χ2v) is 5.48. The smallest absolute Gasteiger partial charge is 0.273 e. The Labute approximate surface area is 142 Å². The van der Waals surface area contributed by atoms with E-state index in [9.17, 15) is 13.6 Å². The van der Waals surface area contributed by atoms with E-state index in [2.05, 4.69) is 20.6 Å². The van der Waals surface area contributed by atoms with Crippen molar-refractivity contribution in [2.75, 3.05) is 0 Å². The summed E-state index contributed by atoms with van der Waals surface area (Å²) in [5, 5.41) is 10.3. The number of hydrogen-bond acceptors (Lipinski definition) is 4. The first kappa shape index (κ1) is 16.7. The van der Waals surface area contributed by atoms with Crippen molar-refractivity contribution >= 4 is 5.91 Å². The average molecular weight is 343 g/mol. The summed E-state index contributed by atoms with van der Waals surface area (Å²) in [5.41, 5.74) is 0.825. The van der Waals surface area contributed by atoms with Crippen molar-refractivity contribution < 1.29 is 13.6 Å². The molecule has 0 fully saturated rings. The van der Waals surface area contributed by atoms with Crippen LogP contribution in [0, 0.1) is 11.6 Å². The van der Waals surface area contributed by atoms with Crippen molar-refractivity contribution in [2.24, 2.45) is 0 Å². The zero-order chi connectivity index (χ0) is 17.8. The molecule has 2 aromatic heterocycles. The molecule has 0 aliphatic heterocycles. The van der Waals surface area contributed by atoms with Crippen LogP contribution in [0.5, 0.6) is 0 Å². The van der Waals surface area contributed by atoms with E-state index >= 15 is 0 Å². The molecule has 3 aromatic rings. The molecular formula is C17H15F2N5O. The van der Waals surface area contributed by atoms with Gasteiger partial charge in [0.15, 0.2) is 5.69 Å². The predicted octanol–water partition coefficient (Wildman–Crippen LogP) is 2.49. The lowest BCUT2D eigenvalue weighted by molar-refractivity contribution is 0.0934. The van der Waals surface area contributed by atoms with Crippen molar-refractivity contribution in [3.63, 3.8) is 0 Å². The highest BCUT2D eigenvalue weighted by atomic mass is 19.1. The molecule has 2 heterocycles. The fourth-order valence-electron chi connectivity index (χ4n) is 2.33. The Morgan fingerprint density at radius 2 is 1.88 bits per heavy atom. The van der Waals surface area contributed by atoms with E-state index in [0.717, 1.165) is 5.56 Å². The zero-order valence-corrected chi connectivity index (χ0v) is 13.4. The third-order valence-corrected chi connectivity index (χ3v) is 3.71. The molecule has 1 amide bonds. The number of amides is 1. The van der Waals surface area contributed by atoms with Crippen LogP contribution in [0.2, 0.25) is 0 Å². The summed E-state index contributed by atoms with van der Waals surface area (Å²) in [6.07, 6.45) is 4.62. The molecule has 3 rings (SSSR count). The molecule has 1 N–H and O–H groups in total. The van der Waals surface area contributed by atoms with E-state index in [-0.39, 0.29) is 23.8 Å². The van der Waals surface area contributed by atoms with E-state index in [1.807, 2.05) is 6.92 Å². The minimum atomic E-state index is -0.673. The van der Waals surface area contributed by atoms with Crippen molar-refractivity contribution in [3.8, 4) is 0 Å². The Morgan fingerprint density at radius 3 is 2.56 bits per heavy atom. The molecule has 0 aliphatic carbocycles. The van der Waals surface area contributed by atoms with Gasteiger partial charge in [0.05, 0.1) is 18.8 Å². The highest BCUT2D eigenvalue weighted by molar-refractivity contribution is 5.92. The normalized spacial score (nSPS) is 12.0. The van der Waals surface area contributed by atoms with E-state index in [4.69, 9.17) is 0 Å². The van der Waals surface area contributed by atoms with E-state index in [1.165, 1.54) is 29.1 Å². The number of nitrogens with one attached hydrogen (secondary N) is 1. The molecule has 0 unspecified atom stereocenters. The molecule has 25 heavy (non-hydrogen) atoms. The first-order valence-corrected chi connectivity index (χ1v) is 7.58. The SMILES string of the molecule is C[C@@H](NC(=O)c1cn(Cc2c(F)cccc2F)nn1)c1ccncc1. The lowest BCUT2D eigenvalue weighted by atomic mass is 10.1. The van der Waals surface area contributed by atoms with Crippen LogP contribution in [-0.4, -0.2) is 25.9 Å². The first-order valence-electron chi connectivity index (χ1n) is 7.58. The van der Waals surface area contributed by atoms with Crippen molar-refractivity contribution in [3.05, 3.63) is 77.4 Å². The van der Waals surface area contributed by atoms with E-state index < -0.39 is 17.5 Å². The van der Waals surface area contributed by atoms with Gasteiger partial charge < -0.3 is 5.32 Å². The fraction of sp³-hybridized carbons (Fsp3) is 0.176. The number of carbonyl (C=O) groups is 1. The van der Waals surface area contributed by atoms with E-state index in [1.54, 1.807) is 24.5 Å². The van der Waals surface area contributed by atoms with Gasteiger partial charge in [-0.05, 0) is 36.8 Å². The average Bonchev–Trinajstić information content (AvgIpc) is 3.08. The summed E-state index contributed by atoms with van der Waals surface area (Å²) in [7, 11) is 0. The van der Waals surface area contributed by atoms with Gasteiger partial charge in [0.1, 0.15) is 11.6 Å². The minimum absolute atomic E-state index is 0.0673. The Morgan fingerprint density at radius 1 is 1.20 bits per heavy atom. The van der Waals surface area contributed by atoms with Gasteiger partial charge in [-0.2, -0.15) is 0 Å². The number of pyridine rings is 1. The molecule has 0 radical (unpaired) electrons. The lowest BCUT2D eigenvalue weighted by Crippen LogP contribution is -2.27. The van der Waals surface area contributed by atoms with Crippen molar-refractivity contribution in [1.29, 1.82) is 0 Å². The summed E-state index contributed by atoms with van der Waals surface area (Å²) in [6.45, 7) is 1.67. The Hall–Kier alpha value is -3.16. The van der Waals surface area contributed by atoms with Gasteiger partial charge in [0.2, 0.25) is 0 Å². The molecule has 1 atom stereocenters. The van der Waals surface area contributed by atoms with Crippen LogP contribution in [0.25, 0.3) is 0 Å². The third-order valence-electron chi connectivity index (χ3n) is 3.71. The topological polar surface area (TPSA) is 72.7 Å². The largest absolute Gasteiger partial charge is 0.344 e. The number of carbonyl (C=O) groups excluding carboxylic acids is 1. The maximum Gasteiger partial charge on any atom is 0.273 e. The molecule has 8 heteroatoms. The van der Waals surface area contributed by atoms with Gasteiger partial charge in [-0.1, -0.05) is 11.3 Å². The first-order chi connectivity index (χ1) is 12.0. The lowest BCUT2D eigenvalue weighted by Gasteiger charge is -2.12. The molecule has 1 aromatic carbocycles. The highest BCUT2D eigenvalue weighted by Crippen LogP contribution is 2.14. The summed E-state index contributed by atoms with van der Waals surface area (Å²) in [5.74, 6) is -1.77. The second kappa shape index (κ2) is 7.16. The summed E-state index contributed by atoms with van der Waals surface area (Å²) in [6, 6.07) is 6.96. The van der Waals surface area contributed by atoms with Crippen molar-refractivity contribution in [1.82, 2.24) is 25.3 Å². The Bertz CT molecular complexity index is 862. The molecule has 0 aliphatic rings. The summed E-state index contributed by atoms with van der Waals surface area (Å²) in [4.78, 5) is 16.2. The van der Waals surface area contributed by atoms with Gasteiger partial charge in [0.25, 0.3) is 5.91 Å². The molecule has 0 spiro atoms. The van der Waals surface area contributed by atoms with Gasteiger partial charge in [-0.3, -0.25) is 9.78 Å². The van der Waals surface area contributed by atoms with Gasteiger partial charge >= 0.3 is 0 Å². The molecule has 6 nitrogen and oxygen atoms in total. The van der Waals surface area contributed by atoms with Crippen LogP contribution in [-0.2, 0) is 6.54 Å². The molecule has 0 saturated carbocycles. The van der Waals surface area contributed by atoms with Crippen LogP contribution < -0.4 is 5.32 Å². The number of hydrogen-bond donors (Lipinski definition) is 1. The van der Waals surface area contributed by atoms with Crippen molar-refractivity contribution in [2.45, 2.75) is 19.5 Å². The molecule has 0 saturated heterocycles. The fourth-order valence-corrected chi connectivity index (χ4v) is 2.33. The summed E-state index contributed by atoms with van der Waals surface area (Å²) < 4.78 is 28.6. The predicted molar refractivity (Wildman–Crippen MR) is 85.6 cm³/mol. The Kier molecular flexibility index (Phi) is 4.78. The van der Waals surface area contributed by atoms with Crippen LogP contribution in [0.3, 0.4) is 0 Å². The number of halogens is 2. The number of rotatable bonds is 5. The van der Waals surface area contributed by atoms with Gasteiger partial charge in [0, 0.05) is 18.0 Å². The standard InChI is InChI=1S/C17H15F2N5O/c1-11(12-5-7-20-8-6-12)21-17(25)16-10-24(23-22-16)9-13-14(18)3-2-4-15(13)19/h2-8,10-11H,9H2,1H3,(H,21,25)/t11-/m1/s1. The van der Waals surface area contributed by atoms with Gasteiger partial charge in [-0.25, -0.2) is 13.5 Å². The monoisotopic (exact) mass is 343 g/mol.